The largest absolute Gasteiger partial charge is 0.337 e. The van der Waals surface area contributed by atoms with Crippen molar-refractivity contribution in [3.8, 4) is 0 Å². The maximum Gasteiger partial charge on any atom is 0.325 e. The third-order valence-electron chi connectivity index (χ3n) is 5.92. The van der Waals surface area contributed by atoms with Gasteiger partial charge in [-0.15, -0.1) is 0 Å². The first-order chi connectivity index (χ1) is 13.9. The molecule has 0 bridgehead atoms. The number of urea groups is 1. The van der Waals surface area contributed by atoms with Crippen LogP contribution in [0.4, 0.5) is 9.18 Å². The summed E-state index contributed by atoms with van der Waals surface area (Å²) in [6.45, 7) is 2.71. The molecule has 1 aliphatic carbocycles. The second kappa shape index (κ2) is 9.37. The van der Waals surface area contributed by atoms with Crippen LogP contribution in [0.3, 0.4) is 0 Å². The van der Waals surface area contributed by atoms with E-state index in [2.05, 4.69) is 12.2 Å². The normalized spacial score (nSPS) is 18.2. The molecule has 1 spiro atoms. The molecule has 1 N–H and O–H groups in total. The Morgan fingerprint density at radius 2 is 1.83 bits per heavy atom. The molecule has 1 saturated carbocycles. The number of hydrogen-bond donors (Lipinski definition) is 1. The van der Waals surface area contributed by atoms with Crippen molar-refractivity contribution in [3.05, 3.63) is 35.6 Å². The number of benzene rings is 1. The molecular formula is C22H30FN3O3. The van der Waals surface area contributed by atoms with Crippen LogP contribution in [0, 0.1) is 5.82 Å². The quantitative estimate of drug-likeness (QED) is 0.533. The number of carbonyl (C=O) groups excluding carboxylic acids is 3. The maximum atomic E-state index is 13.2. The summed E-state index contributed by atoms with van der Waals surface area (Å²) < 4.78 is 13.2. The molecule has 4 amide bonds. The maximum absolute atomic E-state index is 13.2. The number of hydrogen-bond acceptors (Lipinski definition) is 3. The summed E-state index contributed by atoms with van der Waals surface area (Å²) >= 11 is 0. The fraction of sp³-hybridized carbons (Fsp3) is 0.591. The van der Waals surface area contributed by atoms with E-state index in [0.29, 0.717) is 25.9 Å². The summed E-state index contributed by atoms with van der Waals surface area (Å²) in [6, 6.07) is 5.57. The highest BCUT2D eigenvalue weighted by Crippen LogP contribution is 2.33. The van der Waals surface area contributed by atoms with E-state index in [1.165, 1.54) is 12.1 Å². The summed E-state index contributed by atoms with van der Waals surface area (Å²) in [5, 5.41) is 2.85. The number of nitrogens with zero attached hydrogens (tertiary/aromatic N) is 2. The monoisotopic (exact) mass is 403 g/mol. The molecule has 7 heteroatoms. The molecule has 1 aromatic rings. The molecule has 0 atom stereocenters. The van der Waals surface area contributed by atoms with Crippen LogP contribution in [0.25, 0.3) is 0 Å². The number of unbranched alkanes of at least 4 members (excludes halogenated alkanes) is 2. The van der Waals surface area contributed by atoms with Crippen molar-refractivity contribution in [1.29, 1.82) is 0 Å². The average molecular weight is 403 g/mol. The van der Waals surface area contributed by atoms with Gasteiger partial charge in [-0.2, -0.15) is 0 Å². The number of rotatable bonds is 8. The van der Waals surface area contributed by atoms with Gasteiger partial charge in [-0.25, -0.2) is 9.18 Å². The first-order valence-corrected chi connectivity index (χ1v) is 10.6. The van der Waals surface area contributed by atoms with Gasteiger partial charge in [0.05, 0.1) is 0 Å². The molecular weight excluding hydrogens is 373 g/mol. The van der Waals surface area contributed by atoms with Gasteiger partial charge >= 0.3 is 6.03 Å². The minimum absolute atomic E-state index is 0.250. The fourth-order valence-electron chi connectivity index (χ4n) is 4.20. The second-order valence-corrected chi connectivity index (χ2v) is 8.11. The van der Waals surface area contributed by atoms with Crippen molar-refractivity contribution in [2.75, 3.05) is 13.1 Å². The van der Waals surface area contributed by atoms with Gasteiger partial charge in [0.25, 0.3) is 5.91 Å². The van der Waals surface area contributed by atoms with Crippen molar-refractivity contribution < 1.29 is 18.8 Å². The van der Waals surface area contributed by atoms with Crippen LogP contribution >= 0.6 is 0 Å². The molecule has 0 aromatic heterocycles. The van der Waals surface area contributed by atoms with Crippen LogP contribution in [0.1, 0.15) is 63.9 Å². The lowest BCUT2D eigenvalue weighted by Gasteiger charge is -2.30. The number of halogens is 1. The topological polar surface area (TPSA) is 69.7 Å². The van der Waals surface area contributed by atoms with E-state index in [9.17, 15) is 18.8 Å². The molecule has 1 saturated heterocycles. The molecule has 1 heterocycles. The van der Waals surface area contributed by atoms with Gasteiger partial charge in [-0.05, 0) is 37.0 Å². The molecule has 0 radical (unpaired) electrons. The molecule has 1 aliphatic heterocycles. The lowest BCUT2D eigenvalue weighted by atomic mass is 9.82. The Bertz CT molecular complexity index is 744. The molecule has 29 heavy (non-hydrogen) atoms. The lowest BCUT2D eigenvalue weighted by molar-refractivity contribution is -0.140. The highest BCUT2D eigenvalue weighted by molar-refractivity contribution is 6.09. The van der Waals surface area contributed by atoms with E-state index in [1.54, 1.807) is 17.0 Å². The van der Waals surface area contributed by atoms with Crippen molar-refractivity contribution in [2.45, 2.75) is 70.4 Å². The van der Waals surface area contributed by atoms with E-state index in [4.69, 9.17) is 0 Å². The van der Waals surface area contributed by atoms with Crippen LogP contribution in [0.15, 0.2) is 24.3 Å². The Balaban J connectivity index is 1.68. The molecule has 2 fully saturated rings. The van der Waals surface area contributed by atoms with Gasteiger partial charge in [-0.1, -0.05) is 51.2 Å². The smallest absolute Gasteiger partial charge is 0.325 e. The van der Waals surface area contributed by atoms with Crippen molar-refractivity contribution >= 4 is 17.8 Å². The van der Waals surface area contributed by atoms with E-state index in [0.717, 1.165) is 49.0 Å². The second-order valence-electron chi connectivity index (χ2n) is 8.11. The third kappa shape index (κ3) is 4.95. The van der Waals surface area contributed by atoms with Crippen LogP contribution in [-0.4, -0.2) is 46.3 Å². The zero-order valence-corrected chi connectivity index (χ0v) is 17.1. The predicted molar refractivity (Wildman–Crippen MR) is 107 cm³/mol. The van der Waals surface area contributed by atoms with E-state index >= 15 is 0 Å². The Kier molecular flexibility index (Phi) is 6.87. The number of amides is 4. The van der Waals surface area contributed by atoms with Gasteiger partial charge in [0.1, 0.15) is 17.9 Å². The van der Waals surface area contributed by atoms with Gasteiger partial charge in [0.2, 0.25) is 5.91 Å². The molecule has 158 valence electrons. The van der Waals surface area contributed by atoms with E-state index in [-0.39, 0.29) is 24.2 Å². The van der Waals surface area contributed by atoms with E-state index in [1.807, 2.05) is 0 Å². The Morgan fingerprint density at radius 3 is 2.48 bits per heavy atom. The Morgan fingerprint density at radius 1 is 1.14 bits per heavy atom. The molecule has 1 aromatic carbocycles. The lowest BCUT2D eigenvalue weighted by Crippen LogP contribution is -2.49. The summed E-state index contributed by atoms with van der Waals surface area (Å²) in [5.41, 5.74) is -0.00298. The summed E-state index contributed by atoms with van der Waals surface area (Å²) in [6.07, 6.45) is 6.99. The Labute approximate surface area is 171 Å². The number of imide groups is 1. The van der Waals surface area contributed by atoms with Gasteiger partial charge in [-0.3, -0.25) is 14.5 Å². The predicted octanol–water partition coefficient (Wildman–Crippen LogP) is 3.60. The zero-order chi connectivity index (χ0) is 20.9. The molecule has 2 aliphatic rings. The van der Waals surface area contributed by atoms with Crippen molar-refractivity contribution in [1.82, 2.24) is 15.1 Å². The summed E-state index contributed by atoms with van der Waals surface area (Å²) in [7, 11) is 0. The molecule has 6 nitrogen and oxygen atoms in total. The number of carbonyl (C=O) groups is 3. The average Bonchev–Trinajstić information content (AvgIpc) is 2.93. The standard InChI is InChI=1S/C22H30FN3O3/c1-2-3-7-14-25(15-17-8-10-18(23)11-9-17)19(27)16-26-20(28)22(24-21(26)29)12-5-4-6-13-22/h8-11H,2-7,12-16H2,1H3,(H,24,29). The van der Waals surface area contributed by atoms with Gasteiger partial charge < -0.3 is 10.2 Å². The van der Waals surface area contributed by atoms with E-state index < -0.39 is 11.6 Å². The van der Waals surface area contributed by atoms with Crippen LogP contribution in [0.2, 0.25) is 0 Å². The summed E-state index contributed by atoms with van der Waals surface area (Å²) in [5.74, 6) is -0.859. The molecule has 0 unspecified atom stereocenters. The SMILES string of the molecule is CCCCCN(Cc1ccc(F)cc1)C(=O)CN1C(=O)NC2(CCCCC2)C1=O. The van der Waals surface area contributed by atoms with Gasteiger partial charge in [0.15, 0.2) is 0 Å². The van der Waals surface area contributed by atoms with Gasteiger partial charge in [0, 0.05) is 13.1 Å². The minimum atomic E-state index is -0.820. The highest BCUT2D eigenvalue weighted by atomic mass is 19.1. The minimum Gasteiger partial charge on any atom is -0.337 e. The van der Waals surface area contributed by atoms with Crippen LogP contribution in [0.5, 0.6) is 0 Å². The first-order valence-electron chi connectivity index (χ1n) is 10.6. The van der Waals surface area contributed by atoms with Crippen LogP contribution in [-0.2, 0) is 16.1 Å². The highest BCUT2D eigenvalue weighted by Gasteiger charge is 2.51. The van der Waals surface area contributed by atoms with Crippen LogP contribution < -0.4 is 5.32 Å². The first kappa shape index (κ1) is 21.3. The van der Waals surface area contributed by atoms with Crippen molar-refractivity contribution in [2.24, 2.45) is 0 Å². The zero-order valence-electron chi connectivity index (χ0n) is 17.1. The summed E-state index contributed by atoms with van der Waals surface area (Å²) in [4.78, 5) is 41.1. The Hall–Kier alpha value is -2.44. The van der Waals surface area contributed by atoms with Crippen molar-refractivity contribution in [3.63, 3.8) is 0 Å². The fourth-order valence-corrected chi connectivity index (χ4v) is 4.20. The molecule has 3 rings (SSSR count). The third-order valence-corrected chi connectivity index (χ3v) is 5.92. The number of nitrogens with one attached hydrogen (secondary N) is 1.